The number of aryl methyl sites for hydroxylation is 2. The maximum absolute atomic E-state index is 12.6. The average Bonchev–Trinajstić information content (AvgIpc) is 3.73. The van der Waals surface area contributed by atoms with Crippen LogP contribution in [0.4, 0.5) is 0 Å². The van der Waals surface area contributed by atoms with Crippen LogP contribution in [0.5, 0.6) is 17.2 Å². The van der Waals surface area contributed by atoms with Crippen molar-refractivity contribution >= 4 is 34.2 Å². The van der Waals surface area contributed by atoms with E-state index < -0.39 is 5.92 Å². The van der Waals surface area contributed by atoms with Gasteiger partial charge < -0.3 is 28.8 Å². The number of ether oxygens (including phenoxy) is 1. The van der Waals surface area contributed by atoms with Gasteiger partial charge in [-0.1, -0.05) is 31.5 Å². The van der Waals surface area contributed by atoms with Crippen LogP contribution in [0.2, 0.25) is 0 Å². The Morgan fingerprint density at radius 3 is 2.31 bits per heavy atom. The summed E-state index contributed by atoms with van der Waals surface area (Å²) in [5.74, 6) is 0.622. The Labute approximate surface area is 321 Å². The molecule has 6 aromatic rings. The van der Waals surface area contributed by atoms with Gasteiger partial charge in [0.1, 0.15) is 29.4 Å². The highest BCUT2D eigenvalue weighted by atomic mass is 16.5. The molecule has 1 saturated heterocycles. The van der Waals surface area contributed by atoms with Gasteiger partial charge in [-0.3, -0.25) is 19.8 Å². The highest BCUT2D eigenvalue weighted by Crippen LogP contribution is 2.36. The zero-order chi connectivity index (χ0) is 38.3. The largest absolute Gasteiger partial charge is 0.508 e. The van der Waals surface area contributed by atoms with Crippen molar-refractivity contribution in [3.05, 3.63) is 113 Å². The molecular formula is C45H50N4O6. The Morgan fingerprint density at radius 1 is 0.873 bits per heavy atom. The quantitative estimate of drug-likeness (QED) is 0.0868. The number of aromatic nitrogens is 1. The first-order valence-corrected chi connectivity index (χ1v) is 19.3. The molecular weight excluding hydrogens is 693 g/mol. The van der Waals surface area contributed by atoms with Gasteiger partial charge in [0.2, 0.25) is 12.3 Å². The molecule has 3 heterocycles. The van der Waals surface area contributed by atoms with E-state index in [2.05, 4.69) is 50.9 Å². The van der Waals surface area contributed by atoms with Crippen molar-refractivity contribution in [2.45, 2.75) is 52.0 Å². The summed E-state index contributed by atoms with van der Waals surface area (Å²) in [5, 5.41) is 24.4. The minimum absolute atomic E-state index is 0.229. The van der Waals surface area contributed by atoms with Crippen LogP contribution in [0.1, 0.15) is 54.4 Å². The van der Waals surface area contributed by atoms with Crippen LogP contribution in [0.25, 0.3) is 33.1 Å². The number of rotatable bonds is 16. The van der Waals surface area contributed by atoms with Gasteiger partial charge in [-0.2, -0.15) is 0 Å². The van der Waals surface area contributed by atoms with Crippen LogP contribution in [0.15, 0.2) is 95.6 Å². The van der Waals surface area contributed by atoms with E-state index in [9.17, 15) is 19.8 Å². The third-order valence-corrected chi connectivity index (χ3v) is 10.9. The first-order valence-electron chi connectivity index (χ1n) is 19.3. The molecule has 1 unspecified atom stereocenters. The van der Waals surface area contributed by atoms with E-state index in [0.29, 0.717) is 26.0 Å². The number of phenols is 2. The van der Waals surface area contributed by atoms with E-state index in [-0.39, 0.29) is 17.4 Å². The van der Waals surface area contributed by atoms with E-state index in [1.54, 1.807) is 24.5 Å². The van der Waals surface area contributed by atoms with Gasteiger partial charge in [0.05, 0.1) is 17.9 Å². The van der Waals surface area contributed by atoms with Crippen LogP contribution < -0.4 is 10.1 Å². The Morgan fingerprint density at radius 2 is 1.58 bits per heavy atom. The number of phenolic OH excluding ortho intramolecular Hbond substituents is 2. The summed E-state index contributed by atoms with van der Waals surface area (Å²) in [4.78, 5) is 28.5. The molecule has 1 atom stereocenters. The van der Waals surface area contributed by atoms with Crippen molar-refractivity contribution in [3.63, 3.8) is 0 Å². The lowest BCUT2D eigenvalue weighted by molar-refractivity contribution is -0.126. The second kappa shape index (κ2) is 17.3. The number of fused-ring (bicyclic) bond motifs is 2. The van der Waals surface area contributed by atoms with Crippen molar-refractivity contribution in [1.29, 1.82) is 0 Å². The number of imide groups is 1. The summed E-state index contributed by atoms with van der Waals surface area (Å²) in [5.41, 5.74) is 8.16. The molecule has 10 nitrogen and oxygen atoms in total. The maximum Gasteiger partial charge on any atom is 0.234 e. The minimum Gasteiger partial charge on any atom is -0.508 e. The second-order valence-corrected chi connectivity index (χ2v) is 14.6. The van der Waals surface area contributed by atoms with Crippen LogP contribution in [0, 0.1) is 6.92 Å². The van der Waals surface area contributed by atoms with Crippen LogP contribution in [-0.2, 0) is 22.6 Å². The molecule has 286 valence electrons. The number of hydrogen-bond donors (Lipinski definition) is 3. The predicted molar refractivity (Wildman–Crippen MR) is 216 cm³/mol. The topological polar surface area (TPSA) is 120 Å². The maximum atomic E-state index is 12.6. The molecule has 0 spiro atoms. The zero-order valence-corrected chi connectivity index (χ0v) is 31.7. The minimum atomic E-state index is -0.411. The summed E-state index contributed by atoms with van der Waals surface area (Å²) in [6, 6.07) is 27.3. The molecule has 3 N–H and O–H groups in total. The smallest absolute Gasteiger partial charge is 0.234 e. The molecule has 1 fully saturated rings. The predicted octanol–water partition coefficient (Wildman–Crippen LogP) is 7.61. The number of aromatic hydroxyl groups is 2. The van der Waals surface area contributed by atoms with Crippen molar-refractivity contribution in [2.75, 3.05) is 45.9 Å². The standard InChI is InChI=1S/C45H50N4O6/c1-3-5-38(45(53)46-30-50)41-29-55-43-18-9-32(26-40(41)43)6-4-19-47-20-22-48(23-21-47)24-25-54-37-15-7-33(8-16-37)28-49-42-17-14-36(52)27-39(42)31(2)44(49)34-10-12-35(51)13-11-34/h7-18,26-27,29-30,38,51-52H,3-6,19-25,28H2,1-2H3,(H,46,50,53). The lowest BCUT2D eigenvalue weighted by Gasteiger charge is -2.34. The number of nitrogens with zero attached hydrogens (tertiary/aromatic N) is 3. The lowest BCUT2D eigenvalue weighted by Crippen LogP contribution is -2.47. The molecule has 0 bridgehead atoms. The van der Waals surface area contributed by atoms with Gasteiger partial charge in [-0.25, -0.2) is 0 Å². The van der Waals surface area contributed by atoms with Gasteiger partial charge in [0, 0.05) is 61.1 Å². The molecule has 0 saturated carbocycles. The Bertz CT molecular complexity index is 2230. The normalized spacial score (nSPS) is 14.4. The summed E-state index contributed by atoms with van der Waals surface area (Å²) in [6.45, 7) is 11.4. The summed E-state index contributed by atoms with van der Waals surface area (Å²) in [7, 11) is 0. The van der Waals surface area contributed by atoms with Crippen LogP contribution in [0.3, 0.4) is 0 Å². The molecule has 55 heavy (non-hydrogen) atoms. The Balaban J connectivity index is 0.871. The number of nitrogens with one attached hydrogen (secondary N) is 1. The fourth-order valence-electron chi connectivity index (χ4n) is 7.97. The highest BCUT2D eigenvalue weighted by molar-refractivity contribution is 5.95. The molecule has 0 aliphatic carbocycles. The molecule has 2 aromatic heterocycles. The lowest BCUT2D eigenvalue weighted by atomic mass is 9.92. The Hall–Kier alpha value is -5.58. The fourth-order valence-corrected chi connectivity index (χ4v) is 7.97. The van der Waals surface area contributed by atoms with Crippen molar-refractivity contribution in [1.82, 2.24) is 19.7 Å². The molecule has 4 aromatic carbocycles. The van der Waals surface area contributed by atoms with Crippen molar-refractivity contribution < 1.29 is 29.0 Å². The van der Waals surface area contributed by atoms with Gasteiger partial charge in [-0.05, 0) is 122 Å². The highest BCUT2D eigenvalue weighted by Gasteiger charge is 2.24. The first-order chi connectivity index (χ1) is 26.8. The number of carbonyl (C=O) groups is 2. The number of amides is 2. The van der Waals surface area contributed by atoms with Crippen LogP contribution >= 0.6 is 0 Å². The third kappa shape index (κ3) is 8.71. The average molecular weight is 743 g/mol. The third-order valence-electron chi connectivity index (χ3n) is 10.9. The SMILES string of the molecule is CCCC(C(=O)NC=O)c1coc2ccc(CCCN3CCN(CCOc4ccc(Cn5c(-c6ccc(O)cc6)c(C)c6cc(O)ccc65)cc4)CC3)cc12. The van der Waals surface area contributed by atoms with E-state index in [1.165, 1.54) is 5.56 Å². The molecule has 2 amide bonds. The molecule has 7 rings (SSSR count). The van der Waals surface area contributed by atoms with Gasteiger partial charge >= 0.3 is 0 Å². The van der Waals surface area contributed by atoms with Crippen LogP contribution in [-0.4, -0.2) is 82.8 Å². The molecule has 10 heteroatoms. The molecule has 1 aliphatic rings. The number of furan rings is 1. The number of hydrogen-bond acceptors (Lipinski definition) is 8. The number of piperazine rings is 1. The molecule has 0 radical (unpaired) electrons. The summed E-state index contributed by atoms with van der Waals surface area (Å²) < 4.78 is 14.2. The van der Waals surface area contributed by atoms with Gasteiger partial charge in [0.25, 0.3) is 0 Å². The van der Waals surface area contributed by atoms with E-state index in [1.807, 2.05) is 49.4 Å². The summed E-state index contributed by atoms with van der Waals surface area (Å²) >= 11 is 0. The number of carbonyl (C=O) groups excluding carboxylic acids is 2. The van der Waals surface area contributed by atoms with Gasteiger partial charge in [-0.15, -0.1) is 0 Å². The summed E-state index contributed by atoms with van der Waals surface area (Å²) in [6.07, 6.45) is 5.58. The van der Waals surface area contributed by atoms with E-state index in [4.69, 9.17) is 9.15 Å². The van der Waals surface area contributed by atoms with Crippen molar-refractivity contribution in [3.8, 4) is 28.5 Å². The first kappa shape index (κ1) is 37.7. The zero-order valence-electron chi connectivity index (χ0n) is 31.7. The number of benzene rings is 4. The van der Waals surface area contributed by atoms with E-state index in [0.717, 1.165) is 114 Å². The van der Waals surface area contributed by atoms with E-state index >= 15 is 0 Å². The Kier molecular flexibility index (Phi) is 11.8. The van der Waals surface area contributed by atoms with Gasteiger partial charge in [0.15, 0.2) is 0 Å². The second-order valence-electron chi connectivity index (χ2n) is 14.6. The van der Waals surface area contributed by atoms with Crippen molar-refractivity contribution in [2.24, 2.45) is 0 Å². The monoisotopic (exact) mass is 742 g/mol. The molecule has 1 aliphatic heterocycles. The fraction of sp³-hybridized carbons (Fsp3) is 0.333.